The monoisotopic (exact) mass is 690 g/mol. The van der Waals surface area contributed by atoms with E-state index in [1.165, 1.54) is 22.3 Å². The van der Waals surface area contributed by atoms with E-state index >= 15 is 0 Å². The molecule has 0 amide bonds. The minimum absolute atomic E-state index is 0.705. The van der Waals surface area contributed by atoms with E-state index in [2.05, 4.69) is 190 Å². The summed E-state index contributed by atoms with van der Waals surface area (Å²) in [4.78, 5) is 18.0. The lowest BCUT2D eigenvalue weighted by Crippen LogP contribution is -1.94. The van der Waals surface area contributed by atoms with Crippen molar-refractivity contribution in [3.05, 3.63) is 207 Å². The first kappa shape index (κ1) is 32.6. The smallest absolute Gasteiger partial charge is 0.159 e. The summed E-state index contributed by atoms with van der Waals surface area (Å²) in [5, 5.41) is 0. The molecule has 0 aliphatic carbocycles. The highest BCUT2D eigenvalue weighted by molar-refractivity contribution is 5.96. The van der Waals surface area contributed by atoms with Crippen LogP contribution >= 0.6 is 0 Å². The topological polar surface area (TPSA) is 51.6 Å². The third kappa shape index (κ3) is 6.72. The lowest BCUT2D eigenvalue weighted by atomic mass is 9.84. The molecular weight excluding hydrogens is 657 g/mol. The lowest BCUT2D eigenvalue weighted by Gasteiger charge is -2.19. The molecule has 9 rings (SSSR count). The number of hydrogen-bond acceptors (Lipinski definition) is 4. The van der Waals surface area contributed by atoms with Gasteiger partial charge in [-0.1, -0.05) is 146 Å². The van der Waals surface area contributed by atoms with Crippen LogP contribution in [0.25, 0.3) is 89.5 Å². The van der Waals surface area contributed by atoms with Crippen LogP contribution in [-0.4, -0.2) is 19.9 Å². The summed E-state index contributed by atoms with van der Waals surface area (Å²) in [6.45, 7) is 0. The van der Waals surface area contributed by atoms with Gasteiger partial charge < -0.3 is 0 Å². The van der Waals surface area contributed by atoms with Gasteiger partial charge in [0.05, 0.1) is 0 Å². The highest BCUT2D eigenvalue weighted by atomic mass is 14.9. The quantitative estimate of drug-likeness (QED) is 0.159. The molecule has 4 heteroatoms. The predicted molar refractivity (Wildman–Crippen MR) is 221 cm³/mol. The second kappa shape index (κ2) is 14.7. The van der Waals surface area contributed by atoms with Crippen molar-refractivity contribution in [2.24, 2.45) is 0 Å². The summed E-state index contributed by atoms with van der Waals surface area (Å²) in [7, 11) is 0. The SMILES string of the molecule is c1ccc(-c2cccc(-c3cc(-c4cccc(-c5ccccc5)c4)c(-c4ccc(-c5ncccn5)cc4)cc3-c3ccc(-c4ncccn4)cc3)c2)cc1. The van der Waals surface area contributed by atoms with E-state index < -0.39 is 0 Å². The summed E-state index contributed by atoms with van der Waals surface area (Å²) >= 11 is 0. The minimum Gasteiger partial charge on any atom is -0.237 e. The molecule has 54 heavy (non-hydrogen) atoms. The molecule has 0 saturated carbocycles. The summed E-state index contributed by atoms with van der Waals surface area (Å²) in [5.41, 5.74) is 15.7. The van der Waals surface area contributed by atoms with Crippen LogP contribution in [-0.2, 0) is 0 Å². The molecule has 0 aliphatic rings. The first-order valence-electron chi connectivity index (χ1n) is 18.0. The van der Waals surface area contributed by atoms with Crippen molar-refractivity contribution in [2.45, 2.75) is 0 Å². The highest BCUT2D eigenvalue weighted by Crippen LogP contribution is 2.44. The molecule has 0 saturated heterocycles. The molecule has 0 atom stereocenters. The summed E-state index contributed by atoms with van der Waals surface area (Å²) in [5.74, 6) is 1.41. The van der Waals surface area contributed by atoms with Crippen molar-refractivity contribution in [3.8, 4) is 89.5 Å². The van der Waals surface area contributed by atoms with Crippen molar-refractivity contribution in [2.75, 3.05) is 0 Å². The van der Waals surface area contributed by atoms with Gasteiger partial charge in [-0.15, -0.1) is 0 Å². The lowest BCUT2D eigenvalue weighted by molar-refractivity contribution is 1.18. The van der Waals surface area contributed by atoms with Crippen molar-refractivity contribution >= 4 is 0 Å². The maximum atomic E-state index is 4.49. The molecule has 0 spiro atoms. The Morgan fingerprint density at radius 1 is 0.204 bits per heavy atom. The fourth-order valence-electron chi connectivity index (χ4n) is 7.04. The second-order valence-electron chi connectivity index (χ2n) is 13.1. The number of aromatic nitrogens is 4. The van der Waals surface area contributed by atoms with Gasteiger partial charge in [-0.2, -0.15) is 0 Å². The average molecular weight is 691 g/mol. The minimum atomic E-state index is 0.705. The first-order valence-corrected chi connectivity index (χ1v) is 18.0. The number of nitrogens with zero attached hydrogens (tertiary/aromatic N) is 4. The van der Waals surface area contributed by atoms with Crippen LogP contribution in [0.2, 0.25) is 0 Å². The van der Waals surface area contributed by atoms with Crippen LogP contribution in [0.3, 0.4) is 0 Å². The Kier molecular flexibility index (Phi) is 8.90. The molecule has 2 heterocycles. The largest absolute Gasteiger partial charge is 0.237 e. The maximum Gasteiger partial charge on any atom is 0.159 e. The first-order chi connectivity index (χ1) is 26.8. The van der Waals surface area contributed by atoms with Gasteiger partial charge in [-0.3, -0.25) is 0 Å². The fourth-order valence-corrected chi connectivity index (χ4v) is 7.04. The molecule has 0 aliphatic heterocycles. The van der Waals surface area contributed by atoms with Crippen LogP contribution in [0.1, 0.15) is 0 Å². The Morgan fingerprint density at radius 2 is 0.519 bits per heavy atom. The molecule has 254 valence electrons. The Hall–Kier alpha value is -7.30. The van der Waals surface area contributed by atoms with Crippen LogP contribution in [0.5, 0.6) is 0 Å². The van der Waals surface area contributed by atoms with Gasteiger partial charge >= 0.3 is 0 Å². The molecule has 0 radical (unpaired) electrons. The molecule has 0 fully saturated rings. The highest BCUT2D eigenvalue weighted by Gasteiger charge is 2.18. The second-order valence-corrected chi connectivity index (χ2v) is 13.1. The number of rotatable bonds is 8. The van der Waals surface area contributed by atoms with Crippen molar-refractivity contribution in [1.29, 1.82) is 0 Å². The van der Waals surface area contributed by atoms with Gasteiger partial charge in [0.15, 0.2) is 11.6 Å². The van der Waals surface area contributed by atoms with Crippen molar-refractivity contribution in [1.82, 2.24) is 19.9 Å². The van der Waals surface area contributed by atoms with Crippen LogP contribution in [0.15, 0.2) is 207 Å². The van der Waals surface area contributed by atoms with Crippen molar-refractivity contribution in [3.63, 3.8) is 0 Å². The summed E-state index contributed by atoms with van der Waals surface area (Å²) in [6, 6.07) is 64.5. The Morgan fingerprint density at radius 3 is 0.907 bits per heavy atom. The van der Waals surface area contributed by atoms with E-state index in [4.69, 9.17) is 0 Å². The third-order valence-electron chi connectivity index (χ3n) is 9.76. The normalized spacial score (nSPS) is 11.0. The standard InChI is InChI=1S/C50H34N4/c1-3-11-35(12-4-1)41-15-7-17-43(31-41)47-34-48(44-18-8-16-42(32-44)36-13-5-2-6-14-36)46(38-21-25-40(26-22-38)50-53-29-10-30-54-50)33-45(47)37-19-23-39(24-20-37)49-51-27-9-28-52-49/h1-34H. The van der Waals surface area contributed by atoms with Gasteiger partial charge in [0.25, 0.3) is 0 Å². The van der Waals surface area contributed by atoms with E-state index in [-0.39, 0.29) is 0 Å². The molecule has 0 unspecified atom stereocenters. The van der Waals surface area contributed by atoms with E-state index in [9.17, 15) is 0 Å². The van der Waals surface area contributed by atoms with Crippen LogP contribution in [0.4, 0.5) is 0 Å². The molecular formula is C50H34N4. The summed E-state index contributed by atoms with van der Waals surface area (Å²) in [6.07, 6.45) is 7.12. The van der Waals surface area contributed by atoms with Gasteiger partial charge in [0.1, 0.15) is 0 Å². The molecule has 9 aromatic rings. The van der Waals surface area contributed by atoms with Gasteiger partial charge in [0, 0.05) is 35.9 Å². The van der Waals surface area contributed by atoms with Gasteiger partial charge in [-0.25, -0.2) is 19.9 Å². The van der Waals surface area contributed by atoms with E-state index in [1.807, 2.05) is 12.1 Å². The van der Waals surface area contributed by atoms with E-state index in [0.717, 1.165) is 55.6 Å². The Balaban J connectivity index is 1.27. The van der Waals surface area contributed by atoms with Gasteiger partial charge in [0.2, 0.25) is 0 Å². The fraction of sp³-hybridized carbons (Fsp3) is 0. The van der Waals surface area contributed by atoms with Gasteiger partial charge in [-0.05, 0) is 103 Å². The Labute approximate surface area is 315 Å². The maximum absolute atomic E-state index is 4.49. The van der Waals surface area contributed by atoms with E-state index in [0.29, 0.717) is 11.6 Å². The zero-order valence-electron chi connectivity index (χ0n) is 29.4. The van der Waals surface area contributed by atoms with Crippen molar-refractivity contribution < 1.29 is 0 Å². The zero-order chi connectivity index (χ0) is 36.1. The van der Waals surface area contributed by atoms with Crippen LogP contribution < -0.4 is 0 Å². The molecule has 0 N–H and O–H groups in total. The molecule has 2 aromatic heterocycles. The zero-order valence-corrected chi connectivity index (χ0v) is 29.4. The molecule has 0 bridgehead atoms. The van der Waals surface area contributed by atoms with Crippen LogP contribution in [0, 0.1) is 0 Å². The number of benzene rings is 7. The summed E-state index contributed by atoms with van der Waals surface area (Å²) < 4.78 is 0. The molecule has 4 nitrogen and oxygen atoms in total. The Bertz CT molecular complexity index is 2470. The average Bonchev–Trinajstić information content (AvgIpc) is 3.27. The van der Waals surface area contributed by atoms with E-state index in [1.54, 1.807) is 24.8 Å². The molecule has 7 aromatic carbocycles. The third-order valence-corrected chi connectivity index (χ3v) is 9.76. The predicted octanol–water partition coefficient (Wildman–Crippen LogP) is 12.6. The number of hydrogen-bond donors (Lipinski definition) is 0.